The molecular formula is C23H32N4O2. The summed E-state index contributed by atoms with van der Waals surface area (Å²) in [7, 11) is 2.06. The molecule has 0 N–H and O–H groups in total. The molecule has 1 amide bonds. The fourth-order valence-corrected chi connectivity index (χ4v) is 5.02. The zero-order valence-corrected chi connectivity index (χ0v) is 17.9. The van der Waals surface area contributed by atoms with Crippen LogP contribution < -0.4 is 0 Å². The van der Waals surface area contributed by atoms with Crippen molar-refractivity contribution >= 4 is 5.91 Å². The van der Waals surface area contributed by atoms with E-state index in [2.05, 4.69) is 48.3 Å². The maximum absolute atomic E-state index is 12.0. The van der Waals surface area contributed by atoms with Gasteiger partial charge in [0.05, 0.1) is 12.0 Å². The Hall–Kier alpha value is -2.21. The molecule has 29 heavy (non-hydrogen) atoms. The first-order chi connectivity index (χ1) is 14.0. The highest BCUT2D eigenvalue weighted by atomic mass is 16.5. The highest BCUT2D eigenvalue weighted by Crippen LogP contribution is 2.45. The Kier molecular flexibility index (Phi) is 5.72. The van der Waals surface area contributed by atoms with Gasteiger partial charge < -0.3 is 9.42 Å². The van der Waals surface area contributed by atoms with Crippen LogP contribution >= 0.6 is 0 Å². The summed E-state index contributed by atoms with van der Waals surface area (Å²) in [4.78, 5) is 20.9. The van der Waals surface area contributed by atoms with E-state index in [9.17, 15) is 4.79 Å². The van der Waals surface area contributed by atoms with E-state index in [4.69, 9.17) is 9.51 Å². The Bertz CT molecular complexity index is 839. The SMILES string of the molecule is CCN1CC(CN(C)Cc2nc(C3(c4ccc(C)cc4)CCCC3)no2)CC1=O. The van der Waals surface area contributed by atoms with Crippen LogP contribution in [0.4, 0.5) is 0 Å². The predicted octanol–water partition coefficient (Wildman–Crippen LogP) is 3.54. The van der Waals surface area contributed by atoms with Crippen molar-refractivity contribution in [2.75, 3.05) is 26.7 Å². The van der Waals surface area contributed by atoms with Gasteiger partial charge in [-0.2, -0.15) is 4.98 Å². The zero-order chi connectivity index (χ0) is 20.4. The molecule has 0 radical (unpaired) electrons. The summed E-state index contributed by atoms with van der Waals surface area (Å²) in [6.07, 6.45) is 5.18. The van der Waals surface area contributed by atoms with E-state index in [-0.39, 0.29) is 11.3 Å². The fraction of sp³-hybridized carbons (Fsp3) is 0.609. The van der Waals surface area contributed by atoms with Gasteiger partial charge in [0.1, 0.15) is 0 Å². The molecule has 2 fully saturated rings. The Morgan fingerprint density at radius 2 is 1.97 bits per heavy atom. The molecule has 1 aromatic heterocycles. The lowest BCUT2D eigenvalue weighted by Crippen LogP contribution is -2.29. The first-order valence-corrected chi connectivity index (χ1v) is 10.9. The van der Waals surface area contributed by atoms with E-state index in [1.807, 2.05) is 11.8 Å². The molecule has 1 atom stereocenters. The predicted molar refractivity (Wildman–Crippen MR) is 111 cm³/mol. The zero-order valence-electron chi connectivity index (χ0n) is 17.9. The van der Waals surface area contributed by atoms with Crippen LogP contribution in [0.2, 0.25) is 0 Å². The fourth-order valence-electron chi connectivity index (χ4n) is 5.02. The van der Waals surface area contributed by atoms with Crippen LogP contribution in [0.25, 0.3) is 0 Å². The number of rotatable bonds is 7. The number of likely N-dealkylation sites (tertiary alicyclic amines) is 1. The van der Waals surface area contributed by atoms with Gasteiger partial charge in [-0.1, -0.05) is 47.8 Å². The van der Waals surface area contributed by atoms with Crippen LogP contribution in [-0.2, 0) is 16.8 Å². The number of aromatic nitrogens is 2. The Balaban J connectivity index is 1.44. The lowest BCUT2D eigenvalue weighted by atomic mass is 9.78. The number of benzene rings is 1. The number of aryl methyl sites for hydroxylation is 1. The maximum Gasteiger partial charge on any atom is 0.240 e. The van der Waals surface area contributed by atoms with E-state index in [1.165, 1.54) is 24.0 Å². The van der Waals surface area contributed by atoms with Crippen molar-refractivity contribution in [2.45, 2.75) is 57.9 Å². The van der Waals surface area contributed by atoms with Crippen LogP contribution in [-0.4, -0.2) is 52.5 Å². The first kappa shape index (κ1) is 20.1. The molecule has 156 valence electrons. The number of carbonyl (C=O) groups is 1. The second-order valence-corrected chi connectivity index (χ2v) is 8.87. The first-order valence-electron chi connectivity index (χ1n) is 10.9. The van der Waals surface area contributed by atoms with Crippen LogP contribution in [0.3, 0.4) is 0 Å². The minimum Gasteiger partial charge on any atom is -0.343 e. The van der Waals surface area contributed by atoms with Gasteiger partial charge in [-0.3, -0.25) is 9.69 Å². The Morgan fingerprint density at radius 1 is 1.24 bits per heavy atom. The lowest BCUT2D eigenvalue weighted by Gasteiger charge is -2.26. The normalized spacial score (nSPS) is 21.4. The molecule has 1 aromatic carbocycles. The summed E-state index contributed by atoms with van der Waals surface area (Å²) in [6.45, 7) is 7.29. The Morgan fingerprint density at radius 3 is 2.62 bits per heavy atom. The molecule has 2 aromatic rings. The van der Waals surface area contributed by atoms with Gasteiger partial charge in [-0.05, 0) is 45.2 Å². The third-order valence-corrected chi connectivity index (χ3v) is 6.61. The van der Waals surface area contributed by atoms with Crippen LogP contribution in [0.1, 0.15) is 61.9 Å². The van der Waals surface area contributed by atoms with Crippen LogP contribution in [0.15, 0.2) is 28.8 Å². The second kappa shape index (κ2) is 8.27. The van der Waals surface area contributed by atoms with E-state index >= 15 is 0 Å². The molecule has 1 saturated carbocycles. The van der Waals surface area contributed by atoms with Gasteiger partial charge in [0, 0.05) is 26.1 Å². The van der Waals surface area contributed by atoms with Crippen molar-refractivity contribution in [3.8, 4) is 0 Å². The molecular weight excluding hydrogens is 364 g/mol. The van der Waals surface area contributed by atoms with Crippen molar-refractivity contribution in [1.82, 2.24) is 19.9 Å². The summed E-state index contributed by atoms with van der Waals surface area (Å²) >= 11 is 0. The molecule has 4 rings (SSSR count). The molecule has 1 aliphatic carbocycles. The van der Waals surface area contributed by atoms with E-state index in [0.717, 1.165) is 38.3 Å². The third-order valence-electron chi connectivity index (χ3n) is 6.61. The van der Waals surface area contributed by atoms with E-state index < -0.39 is 0 Å². The molecule has 1 unspecified atom stereocenters. The van der Waals surface area contributed by atoms with Crippen molar-refractivity contribution in [2.24, 2.45) is 5.92 Å². The largest absolute Gasteiger partial charge is 0.343 e. The topological polar surface area (TPSA) is 62.5 Å². The number of hydrogen-bond acceptors (Lipinski definition) is 5. The van der Waals surface area contributed by atoms with Crippen LogP contribution in [0.5, 0.6) is 0 Å². The molecule has 0 bridgehead atoms. The summed E-state index contributed by atoms with van der Waals surface area (Å²) in [5, 5.41) is 4.42. The number of carbonyl (C=O) groups excluding carboxylic acids is 1. The number of nitrogens with zero attached hydrogens (tertiary/aromatic N) is 4. The average Bonchev–Trinajstić information content (AvgIpc) is 3.42. The summed E-state index contributed by atoms with van der Waals surface area (Å²) < 4.78 is 5.67. The van der Waals surface area contributed by atoms with Crippen molar-refractivity contribution in [3.63, 3.8) is 0 Å². The molecule has 6 nitrogen and oxygen atoms in total. The summed E-state index contributed by atoms with van der Waals surface area (Å²) in [6, 6.07) is 8.79. The molecule has 2 heterocycles. The van der Waals surface area contributed by atoms with Gasteiger partial charge in [0.15, 0.2) is 5.82 Å². The van der Waals surface area contributed by atoms with E-state index in [0.29, 0.717) is 24.8 Å². The van der Waals surface area contributed by atoms with Gasteiger partial charge in [-0.15, -0.1) is 0 Å². The van der Waals surface area contributed by atoms with E-state index in [1.54, 1.807) is 0 Å². The maximum atomic E-state index is 12.0. The average molecular weight is 397 g/mol. The van der Waals surface area contributed by atoms with Crippen molar-refractivity contribution in [1.29, 1.82) is 0 Å². The van der Waals surface area contributed by atoms with Crippen molar-refractivity contribution in [3.05, 3.63) is 47.1 Å². The molecule has 1 saturated heterocycles. The van der Waals surface area contributed by atoms with Crippen LogP contribution in [0, 0.1) is 12.8 Å². The third kappa shape index (κ3) is 4.08. The summed E-state index contributed by atoms with van der Waals surface area (Å²) in [5.74, 6) is 2.14. The van der Waals surface area contributed by atoms with Crippen molar-refractivity contribution < 1.29 is 9.32 Å². The molecule has 0 spiro atoms. The van der Waals surface area contributed by atoms with Gasteiger partial charge in [0.2, 0.25) is 11.8 Å². The minimum absolute atomic E-state index is 0.118. The molecule has 6 heteroatoms. The monoisotopic (exact) mass is 396 g/mol. The van der Waals surface area contributed by atoms with Gasteiger partial charge in [0.25, 0.3) is 0 Å². The highest BCUT2D eigenvalue weighted by molar-refractivity contribution is 5.78. The number of hydrogen-bond donors (Lipinski definition) is 0. The summed E-state index contributed by atoms with van der Waals surface area (Å²) in [5.41, 5.74) is 2.45. The smallest absolute Gasteiger partial charge is 0.240 e. The second-order valence-electron chi connectivity index (χ2n) is 8.87. The van der Waals surface area contributed by atoms with Gasteiger partial charge >= 0.3 is 0 Å². The van der Waals surface area contributed by atoms with Gasteiger partial charge in [-0.25, -0.2) is 0 Å². The standard InChI is InChI=1S/C23H32N4O2/c1-4-27-15-18(13-21(27)28)14-26(3)16-20-24-22(25-29-20)23(11-5-6-12-23)19-9-7-17(2)8-10-19/h7-10,18H,4-6,11-16H2,1-3H3. The minimum atomic E-state index is -0.118. The lowest BCUT2D eigenvalue weighted by molar-refractivity contribution is -0.127. The quantitative estimate of drug-likeness (QED) is 0.716. The number of amides is 1. The highest BCUT2D eigenvalue weighted by Gasteiger charge is 2.41. The Labute approximate surface area is 173 Å². The molecule has 2 aliphatic rings. The molecule has 1 aliphatic heterocycles.